The molecule has 0 atom stereocenters. The van der Waals surface area contributed by atoms with Crippen LogP contribution in [0.1, 0.15) is 33.4 Å². The lowest BCUT2D eigenvalue weighted by atomic mass is 9.94. The number of hydrogen-bond donors (Lipinski definition) is 0. The van der Waals surface area contributed by atoms with Gasteiger partial charge in [0, 0.05) is 11.1 Å². The summed E-state index contributed by atoms with van der Waals surface area (Å²) in [5, 5.41) is 0. The number of hydrogen-bond acceptors (Lipinski definition) is 4. The summed E-state index contributed by atoms with van der Waals surface area (Å²) in [6.45, 7) is 8.77. The predicted octanol–water partition coefficient (Wildman–Crippen LogP) is 5.00. The van der Waals surface area contributed by atoms with Crippen molar-refractivity contribution in [2.24, 2.45) is 0 Å². The van der Waals surface area contributed by atoms with Crippen molar-refractivity contribution < 1.29 is 19.0 Å². The van der Waals surface area contributed by atoms with Crippen molar-refractivity contribution in [1.82, 2.24) is 0 Å². The smallest absolute Gasteiger partial charge is 0.189 e. The summed E-state index contributed by atoms with van der Waals surface area (Å²) in [6.07, 6.45) is 3.87. The molecule has 0 aliphatic carbocycles. The van der Waals surface area contributed by atoms with Gasteiger partial charge in [-0.05, 0) is 85.4 Å². The highest BCUT2D eigenvalue weighted by molar-refractivity contribution is 6.14. The maximum absolute atomic E-state index is 13.1. The molecule has 0 unspecified atom stereocenters. The van der Waals surface area contributed by atoms with Gasteiger partial charge in [-0.25, -0.2) is 0 Å². The summed E-state index contributed by atoms with van der Waals surface area (Å²) in [5.74, 6) is 1.74. The van der Waals surface area contributed by atoms with Crippen molar-refractivity contribution in [3.05, 3.63) is 68.8 Å². The van der Waals surface area contributed by atoms with E-state index in [1.807, 2.05) is 64.1 Å². The van der Waals surface area contributed by atoms with E-state index in [9.17, 15) is 4.79 Å². The van der Waals surface area contributed by atoms with E-state index in [2.05, 4.69) is 0 Å². The van der Waals surface area contributed by atoms with E-state index >= 15 is 0 Å². The van der Waals surface area contributed by atoms with E-state index in [1.54, 1.807) is 14.2 Å². The summed E-state index contributed by atoms with van der Waals surface area (Å²) >= 11 is 0. The van der Waals surface area contributed by atoms with Crippen molar-refractivity contribution in [3.63, 3.8) is 0 Å². The topological polar surface area (TPSA) is 44.8 Å². The molecular formula is C25H28O4. The maximum Gasteiger partial charge on any atom is 0.189 e. The number of ketones is 1. The molecule has 29 heavy (non-hydrogen) atoms. The Morgan fingerprint density at radius 2 is 1.14 bits per heavy atom. The SMILES string of the molecule is COc1ccc(/C=C2\COC/C(=C\c3ccc(OC)c(C)c3C)C2=O)c(C)c1C. The van der Waals surface area contributed by atoms with Crippen LogP contribution in [-0.2, 0) is 9.53 Å². The lowest BCUT2D eigenvalue weighted by molar-refractivity contribution is -0.114. The molecular weight excluding hydrogens is 364 g/mol. The van der Waals surface area contributed by atoms with Gasteiger partial charge >= 0.3 is 0 Å². The molecule has 0 spiro atoms. The summed E-state index contributed by atoms with van der Waals surface area (Å²) in [6, 6.07) is 7.83. The molecule has 4 nitrogen and oxygen atoms in total. The number of benzene rings is 2. The third kappa shape index (κ3) is 4.13. The van der Waals surface area contributed by atoms with Crippen LogP contribution >= 0.6 is 0 Å². The Bertz CT molecular complexity index is 932. The summed E-state index contributed by atoms with van der Waals surface area (Å²) < 4.78 is 16.5. The Morgan fingerprint density at radius 1 is 0.724 bits per heavy atom. The first-order valence-electron chi connectivity index (χ1n) is 9.69. The molecule has 1 saturated heterocycles. The van der Waals surface area contributed by atoms with Crippen LogP contribution < -0.4 is 9.47 Å². The first-order valence-corrected chi connectivity index (χ1v) is 9.69. The first kappa shape index (κ1) is 20.9. The average molecular weight is 392 g/mol. The van der Waals surface area contributed by atoms with Crippen molar-refractivity contribution >= 4 is 17.9 Å². The largest absolute Gasteiger partial charge is 0.496 e. The fourth-order valence-electron chi connectivity index (χ4n) is 3.59. The molecule has 4 heteroatoms. The van der Waals surface area contributed by atoms with Crippen LogP contribution in [0.15, 0.2) is 35.4 Å². The first-order chi connectivity index (χ1) is 13.9. The van der Waals surface area contributed by atoms with Crippen molar-refractivity contribution in [1.29, 1.82) is 0 Å². The second kappa shape index (κ2) is 8.66. The Kier molecular flexibility index (Phi) is 6.23. The van der Waals surface area contributed by atoms with Crippen molar-refractivity contribution in [2.75, 3.05) is 27.4 Å². The molecule has 0 N–H and O–H groups in total. The zero-order valence-electron chi connectivity index (χ0n) is 18.0. The number of methoxy groups -OCH3 is 2. The number of carbonyl (C=O) groups excluding carboxylic acids is 1. The Morgan fingerprint density at radius 3 is 1.52 bits per heavy atom. The van der Waals surface area contributed by atoms with Gasteiger partial charge in [0.2, 0.25) is 0 Å². The van der Waals surface area contributed by atoms with Gasteiger partial charge < -0.3 is 14.2 Å². The second-order valence-corrected chi connectivity index (χ2v) is 7.38. The summed E-state index contributed by atoms with van der Waals surface area (Å²) in [5.41, 5.74) is 7.69. The molecule has 2 aromatic carbocycles. The van der Waals surface area contributed by atoms with Crippen LogP contribution in [0.3, 0.4) is 0 Å². The van der Waals surface area contributed by atoms with Crippen LogP contribution in [0.25, 0.3) is 12.2 Å². The normalized spacial score (nSPS) is 17.1. The van der Waals surface area contributed by atoms with Crippen LogP contribution in [0, 0.1) is 27.7 Å². The molecule has 1 aliphatic rings. The lowest BCUT2D eigenvalue weighted by Crippen LogP contribution is -2.22. The molecule has 3 rings (SSSR count). The zero-order chi connectivity index (χ0) is 21.1. The molecule has 0 bridgehead atoms. The minimum Gasteiger partial charge on any atom is -0.496 e. The van der Waals surface area contributed by atoms with E-state index in [4.69, 9.17) is 14.2 Å². The van der Waals surface area contributed by atoms with Crippen molar-refractivity contribution in [2.45, 2.75) is 27.7 Å². The van der Waals surface area contributed by atoms with Gasteiger partial charge in [0.25, 0.3) is 0 Å². The number of Topliss-reactive ketones (excluding diaryl/α,β-unsaturated/α-hetero) is 1. The van der Waals surface area contributed by atoms with E-state index in [0.29, 0.717) is 24.4 Å². The standard InChI is InChI=1S/C25H28O4/c1-15-17(3)23(27-5)9-7-19(15)11-21-13-29-14-22(25(21)26)12-20-8-10-24(28-6)18(4)16(20)2/h7-12H,13-14H2,1-6H3/b21-11+,22-12+. The zero-order valence-corrected chi connectivity index (χ0v) is 18.0. The fraction of sp³-hybridized carbons (Fsp3) is 0.320. The van der Waals surface area contributed by atoms with Gasteiger partial charge in [-0.3, -0.25) is 4.79 Å². The van der Waals surface area contributed by atoms with Gasteiger partial charge in [0.05, 0.1) is 27.4 Å². The van der Waals surface area contributed by atoms with E-state index in [0.717, 1.165) is 44.9 Å². The van der Waals surface area contributed by atoms with Gasteiger partial charge in [-0.2, -0.15) is 0 Å². The molecule has 152 valence electrons. The highest BCUT2D eigenvalue weighted by Crippen LogP contribution is 2.29. The van der Waals surface area contributed by atoms with Gasteiger partial charge in [-0.1, -0.05) is 12.1 Å². The number of ether oxygens (including phenoxy) is 3. The van der Waals surface area contributed by atoms with Gasteiger partial charge in [0.15, 0.2) is 5.78 Å². The summed E-state index contributed by atoms with van der Waals surface area (Å²) in [7, 11) is 3.33. The molecule has 2 aromatic rings. The van der Waals surface area contributed by atoms with Gasteiger partial charge in [0.1, 0.15) is 11.5 Å². The van der Waals surface area contributed by atoms with Crippen LogP contribution in [-0.4, -0.2) is 33.2 Å². The van der Waals surface area contributed by atoms with E-state index in [-0.39, 0.29) is 5.78 Å². The second-order valence-electron chi connectivity index (χ2n) is 7.38. The van der Waals surface area contributed by atoms with E-state index < -0.39 is 0 Å². The summed E-state index contributed by atoms with van der Waals surface area (Å²) in [4.78, 5) is 13.1. The molecule has 0 aromatic heterocycles. The van der Waals surface area contributed by atoms with E-state index in [1.165, 1.54) is 0 Å². The van der Waals surface area contributed by atoms with Crippen LogP contribution in [0.2, 0.25) is 0 Å². The highest BCUT2D eigenvalue weighted by Gasteiger charge is 2.22. The predicted molar refractivity (Wildman–Crippen MR) is 117 cm³/mol. The Labute approximate surface area is 172 Å². The van der Waals surface area contributed by atoms with Crippen LogP contribution in [0.5, 0.6) is 11.5 Å². The Hall–Kier alpha value is -2.85. The molecule has 0 amide bonds. The monoisotopic (exact) mass is 392 g/mol. The average Bonchev–Trinajstić information content (AvgIpc) is 2.72. The molecule has 0 saturated carbocycles. The quantitative estimate of drug-likeness (QED) is 0.687. The minimum absolute atomic E-state index is 0.0389. The number of rotatable bonds is 4. The van der Waals surface area contributed by atoms with Gasteiger partial charge in [-0.15, -0.1) is 0 Å². The third-order valence-electron chi connectivity index (χ3n) is 5.76. The molecule has 1 fully saturated rings. The molecule has 1 heterocycles. The van der Waals surface area contributed by atoms with Crippen LogP contribution in [0.4, 0.5) is 0 Å². The number of carbonyl (C=O) groups is 1. The third-order valence-corrected chi connectivity index (χ3v) is 5.76. The lowest BCUT2D eigenvalue weighted by Gasteiger charge is -2.19. The minimum atomic E-state index is 0.0389. The highest BCUT2D eigenvalue weighted by atomic mass is 16.5. The molecule has 1 aliphatic heterocycles. The Balaban J connectivity index is 1.96. The molecule has 0 radical (unpaired) electrons. The van der Waals surface area contributed by atoms with Crippen molar-refractivity contribution in [3.8, 4) is 11.5 Å². The maximum atomic E-state index is 13.1. The fourth-order valence-corrected chi connectivity index (χ4v) is 3.59.